The van der Waals surface area contributed by atoms with Gasteiger partial charge in [0.05, 0.1) is 6.26 Å². The fraction of sp³-hybridized carbons (Fsp3) is 0.0667. The van der Waals surface area contributed by atoms with Gasteiger partial charge in [0, 0.05) is 21.0 Å². The van der Waals surface area contributed by atoms with Crippen LogP contribution in [0.15, 0.2) is 53.1 Å². The van der Waals surface area contributed by atoms with E-state index in [9.17, 15) is 0 Å². The second-order valence-electron chi connectivity index (χ2n) is 4.14. The Labute approximate surface area is 120 Å². The third-order valence-corrected chi connectivity index (χ3v) is 3.31. The quantitative estimate of drug-likeness (QED) is 0.652. The topological polar surface area (TPSA) is 22.4 Å². The van der Waals surface area contributed by atoms with Crippen molar-refractivity contribution >= 4 is 34.2 Å². The molecule has 1 heterocycles. The van der Waals surface area contributed by atoms with E-state index in [4.69, 9.17) is 32.4 Å². The lowest BCUT2D eigenvalue weighted by Gasteiger charge is -2.04. The van der Waals surface area contributed by atoms with Crippen molar-refractivity contribution in [1.29, 1.82) is 0 Å². The van der Waals surface area contributed by atoms with Crippen molar-refractivity contribution in [2.45, 2.75) is 6.61 Å². The summed E-state index contributed by atoms with van der Waals surface area (Å²) in [5.74, 6) is 0.771. The van der Waals surface area contributed by atoms with Gasteiger partial charge in [-0.15, -0.1) is 0 Å². The van der Waals surface area contributed by atoms with Crippen LogP contribution in [-0.4, -0.2) is 0 Å². The van der Waals surface area contributed by atoms with Crippen LogP contribution in [0.4, 0.5) is 0 Å². The van der Waals surface area contributed by atoms with Gasteiger partial charge in [-0.05, 0) is 42.5 Å². The van der Waals surface area contributed by atoms with Crippen molar-refractivity contribution in [3.63, 3.8) is 0 Å². The SMILES string of the molecule is Clc1ccc(OCc2coc3cc(Cl)ccc23)cc1. The van der Waals surface area contributed by atoms with Crippen molar-refractivity contribution in [3.8, 4) is 5.75 Å². The molecule has 0 atom stereocenters. The molecule has 0 unspecified atom stereocenters. The van der Waals surface area contributed by atoms with Crippen LogP contribution >= 0.6 is 23.2 Å². The number of hydrogen-bond acceptors (Lipinski definition) is 2. The van der Waals surface area contributed by atoms with Crippen LogP contribution in [0.1, 0.15) is 5.56 Å². The van der Waals surface area contributed by atoms with Gasteiger partial charge in [0.2, 0.25) is 0 Å². The van der Waals surface area contributed by atoms with Crippen LogP contribution in [0.25, 0.3) is 11.0 Å². The average Bonchev–Trinajstić information content (AvgIpc) is 2.80. The van der Waals surface area contributed by atoms with Crippen molar-refractivity contribution in [3.05, 3.63) is 64.3 Å². The Bertz CT molecular complexity index is 702. The van der Waals surface area contributed by atoms with Crippen LogP contribution in [-0.2, 0) is 6.61 Å². The lowest BCUT2D eigenvalue weighted by Crippen LogP contribution is -1.93. The summed E-state index contributed by atoms with van der Waals surface area (Å²) in [6.07, 6.45) is 1.69. The van der Waals surface area contributed by atoms with E-state index in [1.807, 2.05) is 24.3 Å². The van der Waals surface area contributed by atoms with E-state index in [0.29, 0.717) is 16.7 Å². The molecular weight excluding hydrogens is 283 g/mol. The molecule has 1 aromatic heterocycles. The van der Waals surface area contributed by atoms with Crippen molar-refractivity contribution in [1.82, 2.24) is 0 Å². The molecule has 0 radical (unpaired) electrons. The Hall–Kier alpha value is -1.64. The standard InChI is InChI=1S/C15H10Cl2O2/c16-11-1-4-13(5-2-11)18-8-10-9-19-15-7-12(17)3-6-14(10)15/h1-7,9H,8H2. The van der Waals surface area contributed by atoms with E-state index in [-0.39, 0.29) is 0 Å². The number of fused-ring (bicyclic) bond motifs is 1. The Morgan fingerprint density at radius 1 is 0.947 bits per heavy atom. The molecule has 3 aromatic rings. The summed E-state index contributed by atoms with van der Waals surface area (Å²) in [7, 11) is 0. The minimum absolute atomic E-state index is 0.441. The molecule has 2 aromatic carbocycles. The van der Waals surface area contributed by atoms with Gasteiger partial charge in [-0.25, -0.2) is 0 Å². The predicted octanol–water partition coefficient (Wildman–Crippen LogP) is 5.32. The maximum absolute atomic E-state index is 5.91. The Balaban J connectivity index is 1.80. The molecule has 0 aliphatic carbocycles. The van der Waals surface area contributed by atoms with Crippen molar-refractivity contribution < 1.29 is 9.15 Å². The van der Waals surface area contributed by atoms with Gasteiger partial charge < -0.3 is 9.15 Å². The van der Waals surface area contributed by atoms with Crippen LogP contribution in [0.2, 0.25) is 10.0 Å². The number of benzene rings is 2. The first-order valence-corrected chi connectivity index (χ1v) is 6.52. The molecule has 19 heavy (non-hydrogen) atoms. The molecule has 2 nitrogen and oxygen atoms in total. The summed E-state index contributed by atoms with van der Waals surface area (Å²) >= 11 is 11.7. The smallest absolute Gasteiger partial charge is 0.135 e. The molecule has 0 saturated heterocycles. The fourth-order valence-corrected chi connectivity index (χ4v) is 2.15. The van der Waals surface area contributed by atoms with Crippen LogP contribution in [0, 0.1) is 0 Å². The van der Waals surface area contributed by atoms with Gasteiger partial charge in [0.25, 0.3) is 0 Å². The summed E-state index contributed by atoms with van der Waals surface area (Å²) < 4.78 is 11.1. The zero-order chi connectivity index (χ0) is 13.2. The highest BCUT2D eigenvalue weighted by molar-refractivity contribution is 6.31. The van der Waals surface area contributed by atoms with Crippen molar-refractivity contribution in [2.24, 2.45) is 0 Å². The molecule has 0 saturated carbocycles. The minimum atomic E-state index is 0.441. The third kappa shape index (κ3) is 2.70. The Morgan fingerprint density at radius 2 is 1.68 bits per heavy atom. The van der Waals surface area contributed by atoms with Gasteiger partial charge >= 0.3 is 0 Å². The second kappa shape index (κ2) is 5.16. The number of halogens is 2. The third-order valence-electron chi connectivity index (χ3n) is 2.83. The molecule has 0 N–H and O–H groups in total. The van der Waals surface area contributed by atoms with Gasteiger partial charge in [0.15, 0.2) is 0 Å². The van der Waals surface area contributed by atoms with E-state index in [0.717, 1.165) is 22.3 Å². The van der Waals surface area contributed by atoms with Gasteiger partial charge in [-0.1, -0.05) is 23.2 Å². The van der Waals surface area contributed by atoms with Crippen LogP contribution in [0.5, 0.6) is 5.75 Å². The Morgan fingerprint density at radius 3 is 2.47 bits per heavy atom. The predicted molar refractivity (Wildman–Crippen MR) is 77.0 cm³/mol. The van der Waals surface area contributed by atoms with Crippen LogP contribution < -0.4 is 4.74 Å². The summed E-state index contributed by atoms with van der Waals surface area (Å²) in [4.78, 5) is 0. The number of rotatable bonds is 3. The monoisotopic (exact) mass is 292 g/mol. The first kappa shape index (κ1) is 12.4. The largest absolute Gasteiger partial charge is 0.489 e. The van der Waals surface area contributed by atoms with Crippen LogP contribution in [0.3, 0.4) is 0 Å². The second-order valence-corrected chi connectivity index (χ2v) is 5.02. The van der Waals surface area contributed by atoms with E-state index in [1.165, 1.54) is 0 Å². The maximum Gasteiger partial charge on any atom is 0.135 e. The summed E-state index contributed by atoms with van der Waals surface area (Å²) in [5.41, 5.74) is 1.75. The molecular formula is C15H10Cl2O2. The number of ether oxygens (including phenoxy) is 1. The highest BCUT2D eigenvalue weighted by atomic mass is 35.5. The number of hydrogen-bond donors (Lipinski definition) is 0. The molecule has 0 spiro atoms. The molecule has 4 heteroatoms. The molecule has 0 aliphatic heterocycles. The van der Waals surface area contributed by atoms with Crippen molar-refractivity contribution in [2.75, 3.05) is 0 Å². The van der Waals surface area contributed by atoms with Gasteiger partial charge in [0.1, 0.15) is 17.9 Å². The fourth-order valence-electron chi connectivity index (χ4n) is 1.86. The van der Waals surface area contributed by atoms with E-state index >= 15 is 0 Å². The lowest BCUT2D eigenvalue weighted by molar-refractivity contribution is 0.306. The molecule has 3 rings (SSSR count). The highest BCUT2D eigenvalue weighted by Crippen LogP contribution is 2.25. The maximum atomic E-state index is 5.91. The van der Waals surface area contributed by atoms with E-state index < -0.39 is 0 Å². The molecule has 0 aliphatic rings. The summed E-state index contributed by atoms with van der Waals surface area (Å²) in [6.45, 7) is 0.441. The molecule has 96 valence electrons. The average molecular weight is 293 g/mol. The normalized spacial score (nSPS) is 10.8. The zero-order valence-electron chi connectivity index (χ0n) is 9.90. The first-order valence-electron chi connectivity index (χ1n) is 5.76. The molecule has 0 fully saturated rings. The summed E-state index contributed by atoms with van der Waals surface area (Å²) in [5, 5.41) is 2.36. The zero-order valence-corrected chi connectivity index (χ0v) is 11.4. The summed E-state index contributed by atoms with van der Waals surface area (Å²) in [6, 6.07) is 12.8. The van der Waals surface area contributed by atoms with Gasteiger partial charge in [-0.3, -0.25) is 0 Å². The van der Waals surface area contributed by atoms with E-state index in [2.05, 4.69) is 0 Å². The number of furan rings is 1. The first-order chi connectivity index (χ1) is 9.22. The Kier molecular flexibility index (Phi) is 3.36. The van der Waals surface area contributed by atoms with E-state index in [1.54, 1.807) is 24.5 Å². The highest BCUT2D eigenvalue weighted by Gasteiger charge is 2.07. The lowest BCUT2D eigenvalue weighted by atomic mass is 10.2. The minimum Gasteiger partial charge on any atom is -0.489 e. The molecule has 0 amide bonds. The molecule has 0 bridgehead atoms. The van der Waals surface area contributed by atoms with Gasteiger partial charge in [-0.2, -0.15) is 0 Å².